The lowest BCUT2D eigenvalue weighted by Gasteiger charge is -2.33. The second kappa shape index (κ2) is 7.40. The Hall–Kier alpha value is -1.05. The molecule has 18 heavy (non-hydrogen) atoms. The maximum Gasteiger partial charge on any atom is 0.0145 e. The SMILES string of the molecule is C=CCN[C@H]1CCc2ccccc2[C@H]1CC=C.Cl. The van der Waals surface area contributed by atoms with Gasteiger partial charge in [0.05, 0.1) is 0 Å². The van der Waals surface area contributed by atoms with Crippen molar-refractivity contribution in [2.75, 3.05) is 6.54 Å². The van der Waals surface area contributed by atoms with Gasteiger partial charge in [-0.2, -0.15) is 0 Å². The fourth-order valence-corrected chi connectivity index (χ4v) is 2.80. The predicted molar refractivity (Wildman–Crippen MR) is 81.6 cm³/mol. The second-order valence-corrected chi connectivity index (χ2v) is 4.67. The largest absolute Gasteiger partial charge is 0.310 e. The Morgan fingerprint density at radius 2 is 2.00 bits per heavy atom. The average Bonchev–Trinajstić information content (AvgIpc) is 2.38. The quantitative estimate of drug-likeness (QED) is 0.796. The van der Waals surface area contributed by atoms with Crippen molar-refractivity contribution in [3.63, 3.8) is 0 Å². The van der Waals surface area contributed by atoms with E-state index in [1.807, 2.05) is 12.2 Å². The normalized spacial score (nSPS) is 21.6. The van der Waals surface area contributed by atoms with Crippen LogP contribution in [0.4, 0.5) is 0 Å². The molecule has 1 N–H and O–H groups in total. The van der Waals surface area contributed by atoms with Crippen LogP contribution in [0, 0.1) is 0 Å². The minimum Gasteiger partial charge on any atom is -0.310 e. The highest BCUT2D eigenvalue weighted by Gasteiger charge is 2.27. The Bertz CT molecular complexity index is 400. The molecule has 0 amide bonds. The molecular formula is C16H22ClN. The van der Waals surface area contributed by atoms with Crippen molar-refractivity contribution in [3.05, 3.63) is 60.7 Å². The van der Waals surface area contributed by atoms with E-state index in [2.05, 4.69) is 42.7 Å². The smallest absolute Gasteiger partial charge is 0.0145 e. The molecule has 0 aromatic heterocycles. The molecule has 1 nitrogen and oxygen atoms in total. The monoisotopic (exact) mass is 263 g/mol. The van der Waals surface area contributed by atoms with Crippen LogP contribution in [0.3, 0.4) is 0 Å². The van der Waals surface area contributed by atoms with Gasteiger partial charge >= 0.3 is 0 Å². The lowest BCUT2D eigenvalue weighted by atomic mass is 9.77. The molecule has 0 saturated heterocycles. The van der Waals surface area contributed by atoms with E-state index < -0.39 is 0 Å². The van der Waals surface area contributed by atoms with Crippen LogP contribution in [0.1, 0.15) is 29.9 Å². The van der Waals surface area contributed by atoms with E-state index >= 15 is 0 Å². The van der Waals surface area contributed by atoms with Crippen molar-refractivity contribution in [2.24, 2.45) is 0 Å². The molecule has 0 heterocycles. The number of benzene rings is 1. The van der Waals surface area contributed by atoms with E-state index in [1.165, 1.54) is 24.0 Å². The highest BCUT2D eigenvalue weighted by atomic mass is 35.5. The van der Waals surface area contributed by atoms with E-state index in [0.717, 1.165) is 13.0 Å². The van der Waals surface area contributed by atoms with Gasteiger partial charge in [0, 0.05) is 18.5 Å². The summed E-state index contributed by atoms with van der Waals surface area (Å²) >= 11 is 0. The van der Waals surface area contributed by atoms with E-state index in [-0.39, 0.29) is 12.4 Å². The fourth-order valence-electron chi connectivity index (χ4n) is 2.80. The predicted octanol–water partition coefficient (Wildman–Crippen LogP) is 3.86. The zero-order chi connectivity index (χ0) is 12.1. The molecule has 1 aliphatic carbocycles. The van der Waals surface area contributed by atoms with Crippen LogP contribution in [0.2, 0.25) is 0 Å². The summed E-state index contributed by atoms with van der Waals surface area (Å²) < 4.78 is 0. The Morgan fingerprint density at radius 3 is 2.72 bits per heavy atom. The third-order valence-corrected chi connectivity index (χ3v) is 3.61. The molecule has 98 valence electrons. The molecule has 1 aliphatic rings. The lowest BCUT2D eigenvalue weighted by Crippen LogP contribution is -2.38. The summed E-state index contributed by atoms with van der Waals surface area (Å²) in [4.78, 5) is 0. The number of allylic oxidation sites excluding steroid dienone is 1. The van der Waals surface area contributed by atoms with E-state index in [0.29, 0.717) is 12.0 Å². The van der Waals surface area contributed by atoms with E-state index in [9.17, 15) is 0 Å². The van der Waals surface area contributed by atoms with Gasteiger partial charge in [0.2, 0.25) is 0 Å². The van der Waals surface area contributed by atoms with Gasteiger partial charge in [-0.15, -0.1) is 25.6 Å². The molecule has 2 rings (SSSR count). The van der Waals surface area contributed by atoms with Crippen LogP contribution in [0.15, 0.2) is 49.6 Å². The van der Waals surface area contributed by atoms with Crippen LogP contribution in [-0.4, -0.2) is 12.6 Å². The lowest BCUT2D eigenvalue weighted by molar-refractivity contribution is 0.402. The summed E-state index contributed by atoms with van der Waals surface area (Å²) in [6, 6.07) is 9.37. The van der Waals surface area contributed by atoms with Crippen molar-refractivity contribution in [1.82, 2.24) is 5.32 Å². The first-order chi connectivity index (χ1) is 8.36. The van der Waals surface area contributed by atoms with Gasteiger partial charge < -0.3 is 5.32 Å². The molecule has 0 bridgehead atoms. The summed E-state index contributed by atoms with van der Waals surface area (Å²) in [5, 5.41) is 3.58. The van der Waals surface area contributed by atoms with Gasteiger partial charge in [0.25, 0.3) is 0 Å². The van der Waals surface area contributed by atoms with E-state index in [1.54, 1.807) is 0 Å². The zero-order valence-corrected chi connectivity index (χ0v) is 11.6. The molecule has 0 aliphatic heterocycles. The van der Waals surface area contributed by atoms with Crippen molar-refractivity contribution in [3.8, 4) is 0 Å². The maximum atomic E-state index is 3.89. The zero-order valence-electron chi connectivity index (χ0n) is 10.8. The van der Waals surface area contributed by atoms with Gasteiger partial charge in [-0.3, -0.25) is 0 Å². The minimum absolute atomic E-state index is 0. The summed E-state index contributed by atoms with van der Waals surface area (Å²) in [5.74, 6) is 0.567. The highest BCUT2D eigenvalue weighted by molar-refractivity contribution is 5.85. The Kier molecular flexibility index (Phi) is 6.17. The summed E-state index contributed by atoms with van der Waals surface area (Å²) in [7, 11) is 0. The Morgan fingerprint density at radius 1 is 1.22 bits per heavy atom. The van der Waals surface area contributed by atoms with Crippen LogP contribution in [-0.2, 0) is 6.42 Å². The highest BCUT2D eigenvalue weighted by Crippen LogP contribution is 2.34. The number of aryl methyl sites for hydroxylation is 1. The molecule has 0 saturated carbocycles. The first kappa shape index (κ1) is 15.0. The van der Waals surface area contributed by atoms with Gasteiger partial charge in [0.15, 0.2) is 0 Å². The van der Waals surface area contributed by atoms with Gasteiger partial charge in [0.1, 0.15) is 0 Å². The maximum absolute atomic E-state index is 3.89. The first-order valence-corrected chi connectivity index (χ1v) is 6.39. The molecule has 0 unspecified atom stereocenters. The van der Waals surface area contributed by atoms with Gasteiger partial charge in [-0.25, -0.2) is 0 Å². The molecule has 1 aromatic carbocycles. The molecule has 0 radical (unpaired) electrons. The topological polar surface area (TPSA) is 12.0 Å². The molecule has 0 fully saturated rings. The van der Waals surface area contributed by atoms with Crippen molar-refractivity contribution in [1.29, 1.82) is 0 Å². The molecule has 1 aromatic rings. The summed E-state index contributed by atoms with van der Waals surface area (Å²) in [5.41, 5.74) is 3.01. The number of fused-ring (bicyclic) bond motifs is 1. The number of nitrogens with one attached hydrogen (secondary N) is 1. The van der Waals surface area contributed by atoms with Crippen molar-refractivity contribution in [2.45, 2.75) is 31.2 Å². The van der Waals surface area contributed by atoms with Gasteiger partial charge in [-0.05, 0) is 30.4 Å². The number of hydrogen-bond acceptors (Lipinski definition) is 1. The van der Waals surface area contributed by atoms with E-state index in [4.69, 9.17) is 0 Å². The van der Waals surface area contributed by atoms with Crippen LogP contribution in [0.5, 0.6) is 0 Å². The molecule has 0 spiro atoms. The third-order valence-electron chi connectivity index (χ3n) is 3.61. The summed E-state index contributed by atoms with van der Waals surface area (Å²) in [6.07, 6.45) is 7.41. The minimum atomic E-state index is 0. The van der Waals surface area contributed by atoms with Crippen LogP contribution >= 0.6 is 12.4 Å². The Balaban J connectivity index is 0.00000162. The van der Waals surface area contributed by atoms with Crippen molar-refractivity contribution < 1.29 is 0 Å². The molecular weight excluding hydrogens is 242 g/mol. The number of hydrogen-bond donors (Lipinski definition) is 1. The Labute approximate surface area is 116 Å². The fraction of sp³-hybridized carbons (Fsp3) is 0.375. The van der Waals surface area contributed by atoms with Crippen LogP contribution < -0.4 is 5.32 Å². The number of rotatable bonds is 5. The standard InChI is InChI=1S/C16H21N.ClH/c1-3-7-15-14-9-6-5-8-13(14)10-11-16(15)17-12-4-2;/h3-6,8-9,15-17H,1-2,7,10-12H2;1H/t15-,16+;/m1./s1. The third kappa shape index (κ3) is 3.24. The first-order valence-electron chi connectivity index (χ1n) is 6.39. The average molecular weight is 264 g/mol. The second-order valence-electron chi connectivity index (χ2n) is 4.67. The molecule has 2 atom stereocenters. The van der Waals surface area contributed by atoms with Crippen molar-refractivity contribution >= 4 is 12.4 Å². The van der Waals surface area contributed by atoms with Gasteiger partial charge in [-0.1, -0.05) is 36.4 Å². The number of halogens is 1. The summed E-state index contributed by atoms with van der Waals surface area (Å²) in [6.45, 7) is 8.56. The molecule has 2 heteroatoms. The van der Waals surface area contributed by atoms with Crippen LogP contribution in [0.25, 0.3) is 0 Å².